The normalized spacial score (nSPS) is 9.67. The maximum atomic E-state index is 4.79. The fourth-order valence-corrected chi connectivity index (χ4v) is 2.31. The van der Waals surface area contributed by atoms with Crippen LogP contribution in [0.1, 0.15) is 47.1 Å². The Morgan fingerprint density at radius 3 is 1.85 bits per heavy atom. The minimum Gasteiger partial charge on any atom is -0.306 e. The summed E-state index contributed by atoms with van der Waals surface area (Å²) in [6.07, 6.45) is 0. The molecule has 3 rings (SSSR count). The zero-order chi connectivity index (χ0) is 20.5. The second-order valence-corrected chi connectivity index (χ2v) is 4.70. The Labute approximate surface area is 165 Å². The highest BCUT2D eigenvalue weighted by Crippen LogP contribution is 2.26. The molecule has 0 fully saturated rings. The minimum absolute atomic E-state index is 0.800. The maximum absolute atomic E-state index is 4.79. The van der Waals surface area contributed by atoms with Crippen molar-refractivity contribution < 1.29 is 0 Å². The van der Waals surface area contributed by atoms with Gasteiger partial charge in [-0.3, -0.25) is 0 Å². The summed E-state index contributed by atoms with van der Waals surface area (Å²) in [5.41, 5.74) is 8.06. The zero-order valence-corrected chi connectivity index (χ0v) is 17.9. The number of hydrogen-bond donors (Lipinski definition) is 2. The van der Waals surface area contributed by atoms with Gasteiger partial charge in [-0.1, -0.05) is 108 Å². The van der Waals surface area contributed by atoms with Crippen molar-refractivity contribution in [1.82, 2.24) is 10.9 Å². The average molecular weight is 366 g/mol. The summed E-state index contributed by atoms with van der Waals surface area (Å²) < 4.78 is 0. The summed E-state index contributed by atoms with van der Waals surface area (Å²) >= 11 is 0. The van der Waals surface area contributed by atoms with Gasteiger partial charge in [0.15, 0.2) is 0 Å². The molecule has 27 heavy (non-hydrogen) atoms. The van der Waals surface area contributed by atoms with Crippen LogP contribution in [-0.2, 0) is 0 Å². The van der Waals surface area contributed by atoms with Crippen LogP contribution in [0.2, 0.25) is 0 Å². The molecule has 0 saturated heterocycles. The van der Waals surface area contributed by atoms with Crippen molar-refractivity contribution in [2.24, 2.45) is 4.99 Å². The summed E-state index contributed by atoms with van der Waals surface area (Å²) in [6.45, 7) is 12.0. The summed E-state index contributed by atoms with van der Waals surface area (Å²) in [7, 11) is 1.83. The van der Waals surface area contributed by atoms with Crippen molar-refractivity contribution >= 4 is 22.3 Å². The van der Waals surface area contributed by atoms with Crippen molar-refractivity contribution in [2.45, 2.75) is 41.5 Å². The Balaban J connectivity index is 0.00000103. The highest BCUT2D eigenvalue weighted by Gasteiger charge is 2.04. The van der Waals surface area contributed by atoms with Gasteiger partial charge in [0.05, 0.1) is 5.69 Å². The van der Waals surface area contributed by atoms with Gasteiger partial charge in [0, 0.05) is 18.0 Å². The van der Waals surface area contributed by atoms with Crippen LogP contribution in [0, 0.1) is 0 Å². The second kappa shape index (κ2) is 15.6. The first-order valence-electron chi connectivity index (χ1n) is 9.93. The van der Waals surface area contributed by atoms with Crippen LogP contribution in [0.5, 0.6) is 0 Å². The van der Waals surface area contributed by atoms with Crippen LogP contribution >= 0.6 is 0 Å². The lowest BCUT2D eigenvalue weighted by molar-refractivity contribution is 0.769. The monoisotopic (exact) mass is 365 g/mol. The van der Waals surface area contributed by atoms with Gasteiger partial charge in [-0.25, -0.2) is 10.4 Å². The molecule has 3 heteroatoms. The SMILES string of the molecule is CC.CC.CC.CNNC(=Nc1cccc2ccccc12)c1ccccc1. The first-order valence-corrected chi connectivity index (χ1v) is 9.93. The van der Waals surface area contributed by atoms with Crippen molar-refractivity contribution in [3.05, 3.63) is 78.4 Å². The number of nitrogens with zero attached hydrogens (tertiary/aromatic N) is 1. The van der Waals surface area contributed by atoms with E-state index in [0.717, 1.165) is 22.5 Å². The molecule has 3 aromatic carbocycles. The van der Waals surface area contributed by atoms with E-state index in [9.17, 15) is 0 Å². The molecule has 0 radical (unpaired) electrons. The molecule has 3 nitrogen and oxygen atoms in total. The summed E-state index contributed by atoms with van der Waals surface area (Å²) in [6, 6.07) is 24.5. The number of benzene rings is 3. The maximum Gasteiger partial charge on any atom is 0.148 e. The number of nitrogens with one attached hydrogen (secondary N) is 2. The lowest BCUT2D eigenvalue weighted by Crippen LogP contribution is -2.34. The molecule has 2 N–H and O–H groups in total. The second-order valence-electron chi connectivity index (χ2n) is 4.70. The highest BCUT2D eigenvalue weighted by atomic mass is 15.4. The van der Waals surface area contributed by atoms with Gasteiger partial charge in [0.1, 0.15) is 5.84 Å². The van der Waals surface area contributed by atoms with Gasteiger partial charge in [-0.05, 0) is 11.5 Å². The summed E-state index contributed by atoms with van der Waals surface area (Å²) in [5.74, 6) is 0.800. The standard InChI is InChI=1S/C18H17N3.3C2H6/c1-19-21-18(15-9-3-2-4-10-15)20-17-13-7-11-14-8-5-6-12-16(14)17;3*1-2/h2-13,19H,1H3,(H,20,21);3*1-2H3. The van der Waals surface area contributed by atoms with E-state index < -0.39 is 0 Å². The Morgan fingerprint density at radius 1 is 0.667 bits per heavy atom. The summed E-state index contributed by atoms with van der Waals surface area (Å²) in [4.78, 5) is 4.79. The minimum atomic E-state index is 0.800. The van der Waals surface area contributed by atoms with E-state index in [1.165, 1.54) is 5.39 Å². The third-order valence-electron chi connectivity index (χ3n) is 3.29. The largest absolute Gasteiger partial charge is 0.306 e. The number of aliphatic imine (C=N–C) groups is 1. The molecule has 0 saturated carbocycles. The van der Waals surface area contributed by atoms with E-state index in [0.29, 0.717) is 0 Å². The van der Waals surface area contributed by atoms with Crippen LogP contribution in [0.3, 0.4) is 0 Å². The van der Waals surface area contributed by atoms with E-state index in [-0.39, 0.29) is 0 Å². The first-order chi connectivity index (χ1) is 13.4. The molecule has 0 aliphatic heterocycles. The van der Waals surface area contributed by atoms with Crippen LogP contribution in [0.25, 0.3) is 10.8 Å². The third kappa shape index (κ3) is 7.63. The van der Waals surface area contributed by atoms with Gasteiger partial charge < -0.3 is 5.43 Å². The number of hydrogen-bond acceptors (Lipinski definition) is 2. The zero-order valence-electron chi connectivity index (χ0n) is 17.9. The lowest BCUT2D eigenvalue weighted by Gasteiger charge is -2.10. The van der Waals surface area contributed by atoms with Gasteiger partial charge in [-0.15, -0.1) is 0 Å². The van der Waals surface area contributed by atoms with Crippen molar-refractivity contribution in [3.8, 4) is 0 Å². The molecular formula is C24H35N3. The van der Waals surface area contributed by atoms with E-state index in [1.54, 1.807) is 0 Å². The van der Waals surface area contributed by atoms with E-state index >= 15 is 0 Å². The number of hydrazine groups is 1. The molecule has 0 amide bonds. The molecule has 0 aliphatic carbocycles. The van der Waals surface area contributed by atoms with E-state index in [4.69, 9.17) is 4.99 Å². The van der Waals surface area contributed by atoms with Crippen LogP contribution in [0.15, 0.2) is 77.8 Å². The molecule has 0 unspecified atom stereocenters. The molecule has 0 heterocycles. The predicted molar refractivity (Wildman–Crippen MR) is 123 cm³/mol. The van der Waals surface area contributed by atoms with Crippen molar-refractivity contribution in [2.75, 3.05) is 7.05 Å². The van der Waals surface area contributed by atoms with Crippen LogP contribution in [-0.4, -0.2) is 12.9 Å². The van der Waals surface area contributed by atoms with Gasteiger partial charge >= 0.3 is 0 Å². The molecule has 146 valence electrons. The van der Waals surface area contributed by atoms with E-state index in [2.05, 4.69) is 29.1 Å². The fraction of sp³-hybridized carbons (Fsp3) is 0.292. The van der Waals surface area contributed by atoms with Crippen molar-refractivity contribution in [1.29, 1.82) is 0 Å². The summed E-state index contributed by atoms with van der Waals surface area (Å²) in [5, 5.41) is 2.34. The van der Waals surface area contributed by atoms with E-state index in [1.807, 2.05) is 103 Å². The molecular weight excluding hydrogens is 330 g/mol. The third-order valence-corrected chi connectivity index (χ3v) is 3.29. The smallest absolute Gasteiger partial charge is 0.148 e. The van der Waals surface area contributed by atoms with Gasteiger partial charge in [0.25, 0.3) is 0 Å². The van der Waals surface area contributed by atoms with Crippen LogP contribution < -0.4 is 10.9 Å². The molecule has 0 aromatic heterocycles. The Kier molecular flexibility index (Phi) is 14.1. The fourth-order valence-electron chi connectivity index (χ4n) is 2.31. The van der Waals surface area contributed by atoms with Crippen LogP contribution in [0.4, 0.5) is 5.69 Å². The predicted octanol–water partition coefficient (Wildman–Crippen LogP) is 6.72. The topological polar surface area (TPSA) is 36.4 Å². The van der Waals surface area contributed by atoms with Gasteiger partial charge in [-0.2, -0.15) is 0 Å². The molecule has 0 spiro atoms. The quantitative estimate of drug-likeness (QED) is 0.307. The Morgan fingerprint density at radius 2 is 1.22 bits per heavy atom. The van der Waals surface area contributed by atoms with Crippen molar-refractivity contribution in [3.63, 3.8) is 0 Å². The van der Waals surface area contributed by atoms with Gasteiger partial charge in [0.2, 0.25) is 0 Å². The molecule has 0 aliphatic rings. The molecule has 0 bridgehead atoms. The average Bonchev–Trinajstić information content (AvgIpc) is 2.78. The molecule has 0 atom stereocenters. The molecule has 3 aromatic rings. The Hall–Kier alpha value is -2.65. The number of fused-ring (bicyclic) bond motifs is 1. The lowest BCUT2D eigenvalue weighted by atomic mass is 10.1. The number of rotatable bonds is 3. The first kappa shape index (κ1) is 24.4. The number of amidine groups is 1. The highest BCUT2D eigenvalue weighted by molar-refractivity contribution is 6.03. The Bertz CT molecular complexity index is 759.